The summed E-state index contributed by atoms with van der Waals surface area (Å²) in [6, 6.07) is 0.446. The van der Waals surface area contributed by atoms with E-state index < -0.39 is 0 Å². The number of carbonyl (C=O) groups is 1. The van der Waals surface area contributed by atoms with Crippen LogP contribution in [-0.2, 0) is 4.79 Å². The molecule has 0 saturated carbocycles. The van der Waals surface area contributed by atoms with E-state index in [9.17, 15) is 4.79 Å². The van der Waals surface area contributed by atoms with Crippen LogP contribution in [0.15, 0.2) is 0 Å². The van der Waals surface area contributed by atoms with Crippen LogP contribution in [0.4, 0.5) is 0 Å². The summed E-state index contributed by atoms with van der Waals surface area (Å²) >= 11 is 0. The van der Waals surface area contributed by atoms with E-state index >= 15 is 0 Å². The summed E-state index contributed by atoms with van der Waals surface area (Å²) in [6.45, 7) is 7.94. The SMILES string of the molecule is CCC1CCCCCN1C(=O)C(CN)CC(C)C. The number of nitrogens with zero attached hydrogens (tertiary/aromatic N) is 1. The fraction of sp³-hybridized carbons (Fsp3) is 0.933. The van der Waals surface area contributed by atoms with Crippen molar-refractivity contribution < 1.29 is 4.79 Å². The van der Waals surface area contributed by atoms with Gasteiger partial charge in [0.05, 0.1) is 5.92 Å². The third-order valence-corrected chi connectivity index (χ3v) is 4.02. The summed E-state index contributed by atoms with van der Waals surface area (Å²) in [5.74, 6) is 0.867. The Hall–Kier alpha value is -0.570. The quantitative estimate of drug-likeness (QED) is 0.820. The molecule has 18 heavy (non-hydrogen) atoms. The predicted molar refractivity (Wildman–Crippen MR) is 76.3 cm³/mol. The maximum atomic E-state index is 12.6. The average Bonchev–Trinajstić information content (AvgIpc) is 2.59. The average molecular weight is 254 g/mol. The topological polar surface area (TPSA) is 46.3 Å². The van der Waals surface area contributed by atoms with Gasteiger partial charge < -0.3 is 10.6 Å². The summed E-state index contributed by atoms with van der Waals surface area (Å²) in [5, 5.41) is 0. The maximum Gasteiger partial charge on any atom is 0.227 e. The lowest BCUT2D eigenvalue weighted by atomic mass is 9.94. The Balaban J connectivity index is 2.70. The zero-order valence-corrected chi connectivity index (χ0v) is 12.3. The van der Waals surface area contributed by atoms with Crippen LogP contribution in [0.5, 0.6) is 0 Å². The molecule has 0 aromatic carbocycles. The van der Waals surface area contributed by atoms with E-state index in [-0.39, 0.29) is 5.92 Å². The Morgan fingerprint density at radius 2 is 2.06 bits per heavy atom. The van der Waals surface area contributed by atoms with Gasteiger partial charge in [0.2, 0.25) is 5.91 Å². The van der Waals surface area contributed by atoms with Crippen molar-refractivity contribution in [2.24, 2.45) is 17.6 Å². The Bertz CT molecular complexity index is 253. The van der Waals surface area contributed by atoms with Gasteiger partial charge in [0.25, 0.3) is 0 Å². The Morgan fingerprint density at radius 1 is 1.33 bits per heavy atom. The molecule has 1 rings (SSSR count). The summed E-state index contributed by atoms with van der Waals surface area (Å²) in [6.07, 6.45) is 6.84. The smallest absolute Gasteiger partial charge is 0.227 e. The van der Waals surface area contributed by atoms with Crippen molar-refractivity contribution in [2.45, 2.75) is 65.3 Å². The van der Waals surface area contributed by atoms with Gasteiger partial charge in [-0.05, 0) is 31.6 Å². The Kier molecular flexibility index (Phi) is 6.69. The molecule has 1 aliphatic rings. The van der Waals surface area contributed by atoms with Crippen molar-refractivity contribution in [2.75, 3.05) is 13.1 Å². The molecular weight excluding hydrogens is 224 g/mol. The van der Waals surface area contributed by atoms with E-state index in [1.54, 1.807) is 0 Å². The number of hydrogen-bond donors (Lipinski definition) is 1. The first-order valence-electron chi connectivity index (χ1n) is 7.60. The molecule has 0 aromatic rings. The van der Waals surface area contributed by atoms with Crippen LogP contribution in [0, 0.1) is 11.8 Å². The minimum absolute atomic E-state index is 0.0251. The van der Waals surface area contributed by atoms with Crippen LogP contribution in [0.1, 0.15) is 59.3 Å². The predicted octanol–water partition coefficient (Wildman–Crippen LogP) is 2.79. The standard InChI is InChI=1S/C15H30N2O/c1-4-14-8-6-5-7-9-17(14)15(18)13(11-16)10-12(2)3/h12-14H,4-11,16H2,1-3H3. The molecule has 106 valence electrons. The molecule has 0 aliphatic carbocycles. The molecule has 0 spiro atoms. The van der Waals surface area contributed by atoms with E-state index in [1.165, 1.54) is 19.3 Å². The van der Waals surface area contributed by atoms with E-state index in [4.69, 9.17) is 5.73 Å². The highest BCUT2D eigenvalue weighted by molar-refractivity contribution is 5.79. The highest BCUT2D eigenvalue weighted by Crippen LogP contribution is 2.23. The molecule has 1 saturated heterocycles. The van der Waals surface area contributed by atoms with Crippen molar-refractivity contribution in [3.63, 3.8) is 0 Å². The normalized spacial score (nSPS) is 22.9. The van der Waals surface area contributed by atoms with Gasteiger partial charge in [0.15, 0.2) is 0 Å². The van der Waals surface area contributed by atoms with Gasteiger partial charge in [0, 0.05) is 19.1 Å². The number of amides is 1. The zero-order chi connectivity index (χ0) is 13.5. The fourth-order valence-corrected chi connectivity index (χ4v) is 2.99. The Labute approximate surface area is 112 Å². The minimum Gasteiger partial charge on any atom is -0.339 e. The first-order valence-corrected chi connectivity index (χ1v) is 7.60. The van der Waals surface area contributed by atoms with Gasteiger partial charge in [-0.3, -0.25) is 4.79 Å². The van der Waals surface area contributed by atoms with Crippen molar-refractivity contribution >= 4 is 5.91 Å². The highest BCUT2D eigenvalue weighted by atomic mass is 16.2. The van der Waals surface area contributed by atoms with Gasteiger partial charge in [-0.15, -0.1) is 0 Å². The summed E-state index contributed by atoms with van der Waals surface area (Å²) in [4.78, 5) is 14.8. The monoisotopic (exact) mass is 254 g/mol. The van der Waals surface area contributed by atoms with Crippen LogP contribution in [0.25, 0.3) is 0 Å². The maximum absolute atomic E-state index is 12.6. The first kappa shape index (κ1) is 15.5. The summed E-state index contributed by atoms with van der Waals surface area (Å²) in [5.41, 5.74) is 5.81. The van der Waals surface area contributed by atoms with E-state index in [2.05, 4.69) is 25.7 Å². The zero-order valence-electron chi connectivity index (χ0n) is 12.3. The van der Waals surface area contributed by atoms with Crippen molar-refractivity contribution in [1.29, 1.82) is 0 Å². The van der Waals surface area contributed by atoms with Gasteiger partial charge in [-0.25, -0.2) is 0 Å². The number of nitrogens with two attached hydrogens (primary N) is 1. The lowest BCUT2D eigenvalue weighted by Crippen LogP contribution is -2.45. The molecule has 1 heterocycles. The molecule has 3 heteroatoms. The number of hydrogen-bond acceptors (Lipinski definition) is 2. The molecule has 3 nitrogen and oxygen atoms in total. The summed E-state index contributed by atoms with van der Waals surface area (Å²) < 4.78 is 0. The second-order valence-corrected chi connectivity index (χ2v) is 6.01. The molecule has 2 unspecified atom stereocenters. The third kappa shape index (κ3) is 4.27. The van der Waals surface area contributed by atoms with E-state index in [1.807, 2.05) is 0 Å². The van der Waals surface area contributed by atoms with Crippen LogP contribution >= 0.6 is 0 Å². The van der Waals surface area contributed by atoms with Crippen molar-refractivity contribution in [3.05, 3.63) is 0 Å². The first-order chi connectivity index (χ1) is 8.60. The van der Waals surface area contributed by atoms with Crippen LogP contribution in [-0.4, -0.2) is 29.9 Å². The molecule has 0 aromatic heterocycles. The van der Waals surface area contributed by atoms with E-state index in [0.717, 1.165) is 25.8 Å². The molecule has 1 fully saturated rings. The summed E-state index contributed by atoms with van der Waals surface area (Å²) in [7, 11) is 0. The largest absolute Gasteiger partial charge is 0.339 e. The molecule has 1 aliphatic heterocycles. The lowest BCUT2D eigenvalue weighted by molar-refractivity contribution is -0.138. The highest BCUT2D eigenvalue weighted by Gasteiger charge is 2.29. The molecule has 0 radical (unpaired) electrons. The number of rotatable bonds is 5. The van der Waals surface area contributed by atoms with Crippen molar-refractivity contribution in [1.82, 2.24) is 4.90 Å². The molecular formula is C15H30N2O. The lowest BCUT2D eigenvalue weighted by Gasteiger charge is -2.33. The molecule has 0 bridgehead atoms. The number of carbonyl (C=O) groups excluding carboxylic acids is 1. The Morgan fingerprint density at radius 3 is 2.61 bits per heavy atom. The van der Waals surface area contributed by atoms with Gasteiger partial charge in [-0.1, -0.05) is 33.6 Å². The molecule has 2 N–H and O–H groups in total. The molecule has 2 atom stereocenters. The minimum atomic E-state index is 0.0251. The third-order valence-electron chi connectivity index (χ3n) is 4.02. The molecule has 1 amide bonds. The van der Waals surface area contributed by atoms with Crippen LogP contribution < -0.4 is 5.73 Å². The second-order valence-electron chi connectivity index (χ2n) is 6.01. The van der Waals surface area contributed by atoms with Gasteiger partial charge in [0.1, 0.15) is 0 Å². The van der Waals surface area contributed by atoms with Gasteiger partial charge >= 0.3 is 0 Å². The fourth-order valence-electron chi connectivity index (χ4n) is 2.99. The number of likely N-dealkylation sites (tertiary alicyclic amines) is 1. The van der Waals surface area contributed by atoms with Crippen LogP contribution in [0.3, 0.4) is 0 Å². The van der Waals surface area contributed by atoms with Crippen molar-refractivity contribution in [3.8, 4) is 0 Å². The second kappa shape index (κ2) is 7.78. The van der Waals surface area contributed by atoms with Gasteiger partial charge in [-0.2, -0.15) is 0 Å². The van der Waals surface area contributed by atoms with Crippen LogP contribution in [0.2, 0.25) is 0 Å². The van der Waals surface area contributed by atoms with E-state index in [0.29, 0.717) is 24.4 Å².